The van der Waals surface area contributed by atoms with Gasteiger partial charge < -0.3 is 5.32 Å². The molecule has 1 fully saturated rings. The lowest BCUT2D eigenvalue weighted by molar-refractivity contribution is -0.120. The molecule has 0 saturated heterocycles. The van der Waals surface area contributed by atoms with E-state index in [1.807, 2.05) is 4.57 Å². The van der Waals surface area contributed by atoms with Crippen molar-refractivity contribution in [3.8, 4) is 0 Å². The van der Waals surface area contributed by atoms with E-state index < -0.39 is 0 Å². The van der Waals surface area contributed by atoms with E-state index in [1.165, 1.54) is 41.5 Å². The number of thiophene rings is 1. The van der Waals surface area contributed by atoms with Gasteiger partial charge in [-0.15, -0.1) is 11.3 Å². The molecular formula is C25H37N3O2S2. The summed E-state index contributed by atoms with van der Waals surface area (Å²) in [5.41, 5.74) is 1.33. The van der Waals surface area contributed by atoms with Gasteiger partial charge in [0.25, 0.3) is 5.56 Å². The molecule has 2 heterocycles. The smallest absolute Gasteiger partial charge is 0.263 e. The minimum Gasteiger partial charge on any atom is -0.352 e. The molecule has 1 saturated carbocycles. The van der Waals surface area contributed by atoms with Crippen molar-refractivity contribution in [3.63, 3.8) is 0 Å². The number of nitrogens with zero attached hydrogens (tertiary/aromatic N) is 2. The van der Waals surface area contributed by atoms with Crippen LogP contribution in [0.25, 0.3) is 10.2 Å². The summed E-state index contributed by atoms with van der Waals surface area (Å²) in [5, 5.41) is 4.79. The summed E-state index contributed by atoms with van der Waals surface area (Å²) < 4.78 is 1.84. The maximum absolute atomic E-state index is 13.6. The Labute approximate surface area is 199 Å². The van der Waals surface area contributed by atoms with Crippen molar-refractivity contribution in [2.75, 3.05) is 5.75 Å². The Morgan fingerprint density at radius 1 is 1.22 bits per heavy atom. The number of fused-ring (bicyclic) bond motifs is 3. The predicted molar refractivity (Wildman–Crippen MR) is 135 cm³/mol. The Hall–Kier alpha value is -1.34. The predicted octanol–water partition coefficient (Wildman–Crippen LogP) is 5.42. The molecule has 0 aromatic carbocycles. The molecule has 3 atom stereocenters. The van der Waals surface area contributed by atoms with Crippen LogP contribution in [0.3, 0.4) is 0 Å². The van der Waals surface area contributed by atoms with Gasteiger partial charge in [0.2, 0.25) is 5.91 Å². The van der Waals surface area contributed by atoms with E-state index in [-0.39, 0.29) is 17.5 Å². The van der Waals surface area contributed by atoms with Crippen molar-refractivity contribution >= 4 is 39.2 Å². The van der Waals surface area contributed by atoms with Gasteiger partial charge in [0.1, 0.15) is 4.83 Å². The van der Waals surface area contributed by atoms with Gasteiger partial charge in [-0.2, -0.15) is 0 Å². The number of carbonyl (C=O) groups excluding carboxylic acids is 1. The van der Waals surface area contributed by atoms with Crippen LogP contribution in [0.5, 0.6) is 0 Å². The SMILES string of the molecule is CC(C)CCn1c(SCC(=O)NC2CCCC(C)C2C)nc2sc3c(c2c1=O)CCCC3. The summed E-state index contributed by atoms with van der Waals surface area (Å²) >= 11 is 3.10. The number of aryl methyl sites for hydroxylation is 2. The maximum atomic E-state index is 13.6. The van der Waals surface area contributed by atoms with Crippen molar-refractivity contribution in [2.45, 2.75) is 96.8 Å². The second kappa shape index (κ2) is 10.3. The summed E-state index contributed by atoms with van der Waals surface area (Å²) in [6.45, 7) is 9.54. The highest BCUT2D eigenvalue weighted by atomic mass is 32.2. The molecule has 1 N–H and O–H groups in total. The molecule has 2 aliphatic carbocycles. The number of rotatable bonds is 7. The van der Waals surface area contributed by atoms with E-state index in [9.17, 15) is 9.59 Å². The molecule has 0 spiro atoms. The van der Waals surface area contributed by atoms with Crippen LogP contribution in [0, 0.1) is 17.8 Å². The molecule has 5 nitrogen and oxygen atoms in total. The fourth-order valence-electron chi connectivity index (χ4n) is 5.08. The molecule has 7 heteroatoms. The topological polar surface area (TPSA) is 64.0 Å². The van der Waals surface area contributed by atoms with Gasteiger partial charge in [0.15, 0.2) is 5.16 Å². The van der Waals surface area contributed by atoms with Crippen molar-refractivity contribution in [1.29, 1.82) is 0 Å². The first-order valence-electron chi connectivity index (χ1n) is 12.3. The first-order chi connectivity index (χ1) is 15.3. The average molecular weight is 476 g/mol. The molecule has 32 heavy (non-hydrogen) atoms. The van der Waals surface area contributed by atoms with E-state index in [0.717, 1.165) is 42.3 Å². The number of aromatic nitrogens is 2. The van der Waals surface area contributed by atoms with Gasteiger partial charge in [-0.25, -0.2) is 4.98 Å². The molecule has 0 aliphatic heterocycles. The van der Waals surface area contributed by atoms with Gasteiger partial charge in [-0.3, -0.25) is 14.2 Å². The number of carbonyl (C=O) groups is 1. The minimum atomic E-state index is 0.0520. The van der Waals surface area contributed by atoms with E-state index in [4.69, 9.17) is 4.98 Å². The normalized spacial score (nSPS) is 23.5. The van der Waals surface area contributed by atoms with E-state index in [2.05, 4.69) is 33.0 Å². The van der Waals surface area contributed by atoms with Gasteiger partial charge >= 0.3 is 0 Å². The fourth-order valence-corrected chi connectivity index (χ4v) is 7.22. The first kappa shape index (κ1) is 23.8. The largest absolute Gasteiger partial charge is 0.352 e. The van der Waals surface area contributed by atoms with Crippen LogP contribution in [0.2, 0.25) is 0 Å². The van der Waals surface area contributed by atoms with Crippen molar-refractivity contribution in [1.82, 2.24) is 14.9 Å². The van der Waals surface area contributed by atoms with E-state index >= 15 is 0 Å². The maximum Gasteiger partial charge on any atom is 0.263 e. The van der Waals surface area contributed by atoms with Gasteiger partial charge in [-0.05, 0) is 61.8 Å². The highest BCUT2D eigenvalue weighted by molar-refractivity contribution is 7.99. The summed E-state index contributed by atoms with van der Waals surface area (Å²) in [7, 11) is 0. The van der Waals surface area contributed by atoms with Crippen LogP contribution < -0.4 is 10.9 Å². The molecule has 2 aliphatic rings. The first-order valence-corrected chi connectivity index (χ1v) is 14.1. The Morgan fingerprint density at radius 3 is 2.78 bits per heavy atom. The third-order valence-electron chi connectivity index (χ3n) is 7.36. The third kappa shape index (κ3) is 5.09. The summed E-state index contributed by atoms with van der Waals surface area (Å²) in [6.07, 6.45) is 8.82. The molecule has 4 rings (SSSR count). The van der Waals surface area contributed by atoms with Crippen molar-refractivity contribution < 1.29 is 4.79 Å². The zero-order chi connectivity index (χ0) is 22.8. The lowest BCUT2D eigenvalue weighted by Crippen LogP contribution is -2.44. The van der Waals surface area contributed by atoms with Crippen LogP contribution in [0.15, 0.2) is 9.95 Å². The van der Waals surface area contributed by atoms with Crippen molar-refractivity contribution in [3.05, 3.63) is 20.8 Å². The highest BCUT2D eigenvalue weighted by Gasteiger charge is 2.28. The van der Waals surface area contributed by atoms with Crippen molar-refractivity contribution in [2.24, 2.45) is 17.8 Å². The second-order valence-corrected chi connectivity index (χ2v) is 12.2. The fraction of sp³-hybridized carbons (Fsp3) is 0.720. The van der Waals surface area contributed by atoms with Gasteiger partial charge in [-0.1, -0.05) is 52.3 Å². The number of hydrogen-bond donors (Lipinski definition) is 1. The highest BCUT2D eigenvalue weighted by Crippen LogP contribution is 2.35. The molecule has 0 bridgehead atoms. The second-order valence-electron chi connectivity index (χ2n) is 10.2. The van der Waals surface area contributed by atoms with Gasteiger partial charge in [0, 0.05) is 17.5 Å². The summed E-state index contributed by atoms with van der Waals surface area (Å²) in [4.78, 5) is 33.5. The molecule has 176 valence electrons. The van der Waals surface area contributed by atoms with E-state index in [1.54, 1.807) is 11.3 Å². The lowest BCUT2D eigenvalue weighted by atomic mass is 9.78. The van der Waals surface area contributed by atoms with E-state index in [0.29, 0.717) is 35.2 Å². The molecule has 0 radical (unpaired) electrons. The van der Waals surface area contributed by atoms with Crippen LogP contribution in [0.1, 0.15) is 76.7 Å². The Morgan fingerprint density at radius 2 is 2.00 bits per heavy atom. The molecule has 3 unspecified atom stereocenters. The lowest BCUT2D eigenvalue weighted by Gasteiger charge is -2.34. The molecular weight excluding hydrogens is 438 g/mol. The third-order valence-corrected chi connectivity index (χ3v) is 9.52. The number of amides is 1. The standard InChI is InChI=1S/C25H37N3O2S2/c1-15(2)12-13-28-24(30)22-18-9-5-6-11-20(18)32-23(22)27-25(28)31-14-21(29)26-19-10-7-8-16(3)17(19)4/h15-17,19H,5-14H2,1-4H3,(H,26,29). The monoisotopic (exact) mass is 475 g/mol. The molecule has 2 aromatic rings. The molecule has 2 aromatic heterocycles. The number of thioether (sulfide) groups is 1. The zero-order valence-corrected chi connectivity index (χ0v) is 21.5. The number of hydrogen-bond acceptors (Lipinski definition) is 5. The summed E-state index contributed by atoms with van der Waals surface area (Å²) in [6, 6.07) is 0.259. The average Bonchev–Trinajstić information content (AvgIpc) is 3.13. The Kier molecular flexibility index (Phi) is 7.65. The van der Waals surface area contributed by atoms with Crippen LogP contribution in [-0.4, -0.2) is 27.3 Å². The Balaban J connectivity index is 1.55. The Bertz CT molecular complexity index is 1030. The van der Waals surface area contributed by atoms with Crippen LogP contribution in [-0.2, 0) is 24.2 Å². The minimum absolute atomic E-state index is 0.0520. The summed E-state index contributed by atoms with van der Waals surface area (Å²) in [5.74, 6) is 2.02. The molecule has 1 amide bonds. The van der Waals surface area contributed by atoms with Crippen LogP contribution in [0.4, 0.5) is 0 Å². The number of nitrogens with one attached hydrogen (secondary N) is 1. The quantitative estimate of drug-likeness (QED) is 0.429. The van der Waals surface area contributed by atoms with Gasteiger partial charge in [0.05, 0.1) is 11.1 Å². The zero-order valence-electron chi connectivity index (χ0n) is 19.9. The van der Waals surface area contributed by atoms with Crippen LogP contribution >= 0.6 is 23.1 Å².